The minimum absolute atomic E-state index is 0.599. The maximum absolute atomic E-state index is 13.0. The molecule has 0 spiro atoms. The Morgan fingerprint density at radius 3 is 2.00 bits per heavy atom. The van der Waals surface area contributed by atoms with Gasteiger partial charge in [-0.1, -0.05) is 0 Å². The van der Waals surface area contributed by atoms with Gasteiger partial charge in [-0.3, -0.25) is 12.5 Å². The van der Waals surface area contributed by atoms with Gasteiger partial charge < -0.3 is 0 Å². The Hall–Kier alpha value is 0.0700. The summed E-state index contributed by atoms with van der Waals surface area (Å²) in [4.78, 5) is 0. The van der Waals surface area contributed by atoms with Crippen LogP contribution in [0.1, 0.15) is 6.92 Å². The largest absolute Gasteiger partial charge is 0.308 e. The zero-order chi connectivity index (χ0) is 10.3. The van der Waals surface area contributed by atoms with E-state index in [0.29, 0.717) is 0 Å². The van der Waals surface area contributed by atoms with E-state index in [-0.39, 0.29) is 0 Å². The van der Waals surface area contributed by atoms with Gasteiger partial charge in [-0.15, -0.1) is 0 Å². The van der Waals surface area contributed by atoms with E-state index in [2.05, 4.69) is 8.37 Å². The molecular weight excluding hydrogens is 239 g/mol. The van der Waals surface area contributed by atoms with Gasteiger partial charge in [0.15, 0.2) is 6.10 Å². The molecule has 0 aromatic carbocycles. The third-order valence-corrected chi connectivity index (χ3v) is 3.39. The molecule has 0 aromatic heterocycles. The Morgan fingerprint density at radius 2 is 1.57 bits per heavy atom. The number of alkyl halides is 1. The van der Waals surface area contributed by atoms with Crippen molar-refractivity contribution in [2.75, 3.05) is 0 Å². The van der Waals surface area contributed by atoms with Crippen LogP contribution >= 0.6 is 0 Å². The van der Waals surface area contributed by atoms with Gasteiger partial charge in [0.05, 0.1) is 0 Å². The summed E-state index contributed by atoms with van der Waals surface area (Å²) < 4.78 is 52.8. The summed E-state index contributed by atoms with van der Waals surface area (Å²) in [5, 5.41) is 0. The Balaban J connectivity index is 2.08. The van der Waals surface area contributed by atoms with E-state index < -0.39 is 47.4 Å². The molecule has 6 nitrogen and oxygen atoms in total. The van der Waals surface area contributed by atoms with Crippen LogP contribution in [0, 0.1) is 0 Å². The van der Waals surface area contributed by atoms with E-state index in [9.17, 15) is 12.8 Å². The highest BCUT2D eigenvalue weighted by Crippen LogP contribution is 2.29. The fraction of sp³-hybridized carbons (Fsp3) is 1.00. The third kappa shape index (κ3) is 1.88. The van der Waals surface area contributed by atoms with Crippen molar-refractivity contribution >= 4 is 22.7 Å². The normalized spacial score (nSPS) is 53.9. The molecule has 9 heteroatoms. The molecule has 82 valence electrons. The van der Waals surface area contributed by atoms with Crippen molar-refractivity contribution in [1.29, 1.82) is 0 Å². The Morgan fingerprint density at radius 1 is 1.00 bits per heavy atom. The highest BCUT2D eigenvalue weighted by atomic mass is 32.2. The molecule has 0 bridgehead atoms. The highest BCUT2D eigenvalue weighted by Gasteiger charge is 2.48. The average Bonchev–Trinajstić information content (AvgIpc) is 2.55. The van der Waals surface area contributed by atoms with Gasteiger partial charge in [0.1, 0.15) is 12.2 Å². The molecule has 0 radical (unpaired) electrons. The number of rotatable bonds is 1. The second kappa shape index (κ2) is 3.91. The van der Waals surface area contributed by atoms with E-state index in [1.165, 1.54) is 0 Å². The Kier molecular flexibility index (Phi) is 2.96. The van der Waals surface area contributed by atoms with Crippen LogP contribution in [-0.2, 0) is 39.5 Å². The summed E-state index contributed by atoms with van der Waals surface area (Å²) in [6, 6.07) is 0. The molecule has 6 unspecified atom stereocenters. The lowest BCUT2D eigenvalue weighted by Gasteiger charge is -2.15. The molecule has 0 aliphatic carbocycles. The van der Waals surface area contributed by atoms with E-state index in [4.69, 9.17) is 8.37 Å². The smallest absolute Gasteiger partial charge is 0.263 e. The molecule has 0 amide bonds. The summed E-state index contributed by atoms with van der Waals surface area (Å²) in [6.07, 6.45) is -4.51. The zero-order valence-electron chi connectivity index (χ0n) is 6.95. The summed E-state index contributed by atoms with van der Waals surface area (Å²) in [6.45, 7) is 1.55. The molecule has 0 aromatic rings. The first-order valence-corrected chi connectivity index (χ1v) is 5.74. The predicted octanol–water partition coefficient (Wildman–Crippen LogP) is -0.341. The molecule has 2 saturated heterocycles. The fourth-order valence-corrected chi connectivity index (χ4v) is 2.72. The van der Waals surface area contributed by atoms with Crippen LogP contribution in [0.25, 0.3) is 0 Å². The van der Waals surface area contributed by atoms with E-state index in [0.717, 1.165) is 0 Å². The summed E-state index contributed by atoms with van der Waals surface area (Å²) >= 11 is -4.02. The first-order chi connectivity index (χ1) is 6.58. The number of halogens is 1. The lowest BCUT2D eigenvalue weighted by atomic mass is 10.1. The van der Waals surface area contributed by atoms with E-state index >= 15 is 0 Å². The quantitative estimate of drug-likeness (QED) is 0.630. The Bertz CT molecular complexity index is 257. The zero-order valence-corrected chi connectivity index (χ0v) is 8.59. The molecule has 6 atom stereocenters. The molecule has 2 heterocycles. The van der Waals surface area contributed by atoms with Crippen LogP contribution in [0.2, 0.25) is 0 Å². The van der Waals surface area contributed by atoms with Gasteiger partial charge in [0, 0.05) is 0 Å². The van der Waals surface area contributed by atoms with Crippen molar-refractivity contribution in [3.05, 3.63) is 0 Å². The Labute approximate surface area is 84.4 Å². The maximum atomic E-state index is 13.0. The molecule has 2 rings (SSSR count). The van der Waals surface area contributed by atoms with Crippen LogP contribution < -0.4 is 0 Å². The summed E-state index contributed by atoms with van der Waals surface area (Å²) in [5.74, 6) is 0. The first-order valence-electron chi connectivity index (χ1n) is 3.74. The summed E-state index contributed by atoms with van der Waals surface area (Å²) in [7, 11) is 0. The van der Waals surface area contributed by atoms with Crippen LogP contribution in [0.4, 0.5) is 4.39 Å². The molecule has 0 saturated carbocycles. The maximum Gasteiger partial charge on any atom is 0.308 e. The van der Waals surface area contributed by atoms with Crippen molar-refractivity contribution in [1.82, 2.24) is 0 Å². The lowest BCUT2D eigenvalue weighted by Crippen LogP contribution is -2.38. The van der Waals surface area contributed by atoms with Crippen LogP contribution in [0.3, 0.4) is 0 Å². The number of hydrogen-bond acceptors (Lipinski definition) is 6. The number of hydrogen-bond donors (Lipinski definition) is 0. The van der Waals surface area contributed by atoms with Gasteiger partial charge in [-0.25, -0.2) is 8.57 Å². The highest BCUT2D eigenvalue weighted by molar-refractivity contribution is 7.75. The molecule has 0 N–H and O–H groups in total. The van der Waals surface area contributed by atoms with Gasteiger partial charge in [0.25, 0.3) is 0 Å². The van der Waals surface area contributed by atoms with Crippen molar-refractivity contribution in [3.63, 3.8) is 0 Å². The fourth-order valence-electron chi connectivity index (χ4n) is 1.18. The minimum atomic E-state index is -2.11. The van der Waals surface area contributed by atoms with Crippen molar-refractivity contribution in [3.8, 4) is 0 Å². The molecule has 14 heavy (non-hydrogen) atoms. The van der Waals surface area contributed by atoms with Crippen molar-refractivity contribution in [2.24, 2.45) is 0 Å². The molecule has 2 aliphatic rings. The molecular formula is C5H7FO6S2. The van der Waals surface area contributed by atoms with Crippen molar-refractivity contribution < 1.29 is 29.5 Å². The topological polar surface area (TPSA) is 71.1 Å². The minimum Gasteiger partial charge on any atom is -0.263 e. The first kappa shape index (κ1) is 10.6. The predicted molar refractivity (Wildman–Crippen MR) is 42.6 cm³/mol. The standard InChI is InChI=1S/C5H7FO6S2/c1-2-3(10-13(7)9-2)4-5(6)12-14(8)11-4/h2-5H,1H3. The SMILES string of the molecule is CC1OS(=O)OC1C1OS(=O)OC1F. The molecule has 2 fully saturated rings. The average molecular weight is 246 g/mol. The van der Waals surface area contributed by atoms with E-state index in [1.54, 1.807) is 6.92 Å². The van der Waals surface area contributed by atoms with Gasteiger partial charge in [0.2, 0.25) is 6.36 Å². The van der Waals surface area contributed by atoms with Crippen LogP contribution in [-0.4, -0.2) is 33.1 Å². The van der Waals surface area contributed by atoms with Gasteiger partial charge >= 0.3 is 22.7 Å². The van der Waals surface area contributed by atoms with Gasteiger partial charge in [-0.05, 0) is 6.92 Å². The summed E-state index contributed by atoms with van der Waals surface area (Å²) in [5.41, 5.74) is 0. The third-order valence-electron chi connectivity index (χ3n) is 1.82. The second-order valence-electron chi connectivity index (χ2n) is 2.78. The van der Waals surface area contributed by atoms with E-state index in [1.807, 2.05) is 0 Å². The van der Waals surface area contributed by atoms with Crippen LogP contribution in [0.15, 0.2) is 0 Å². The van der Waals surface area contributed by atoms with Crippen molar-refractivity contribution in [2.45, 2.75) is 31.6 Å². The second-order valence-corrected chi connectivity index (χ2v) is 4.36. The van der Waals surface area contributed by atoms with Crippen LogP contribution in [0.5, 0.6) is 0 Å². The monoisotopic (exact) mass is 246 g/mol. The van der Waals surface area contributed by atoms with Gasteiger partial charge in [-0.2, -0.15) is 8.42 Å². The molecule has 2 aliphatic heterocycles. The lowest BCUT2D eigenvalue weighted by molar-refractivity contribution is -0.0304.